The lowest BCUT2D eigenvalue weighted by Crippen LogP contribution is -2.44. The number of nitro benzene ring substituents is 1. The van der Waals surface area contributed by atoms with E-state index in [0.717, 1.165) is 12.8 Å². The number of benzene rings is 1. The molecule has 5 nitrogen and oxygen atoms in total. The van der Waals surface area contributed by atoms with Crippen molar-refractivity contribution in [3.05, 3.63) is 33.9 Å². The van der Waals surface area contributed by atoms with Gasteiger partial charge in [-0.15, -0.1) is 0 Å². The Morgan fingerprint density at radius 2 is 2.00 bits per heavy atom. The number of hydrogen-bond acceptors (Lipinski definition) is 4. The summed E-state index contributed by atoms with van der Waals surface area (Å²) in [5.74, 6) is 0.289. The predicted molar refractivity (Wildman–Crippen MR) is 70.8 cm³/mol. The molecule has 0 saturated carbocycles. The van der Waals surface area contributed by atoms with E-state index in [2.05, 4.69) is 0 Å². The molecule has 0 spiro atoms. The smallest absolute Gasteiger partial charge is 0.313 e. The molecule has 0 aliphatic heterocycles. The molecule has 0 aromatic heterocycles. The van der Waals surface area contributed by atoms with E-state index in [1.807, 2.05) is 13.8 Å². The van der Waals surface area contributed by atoms with Gasteiger partial charge in [-0.3, -0.25) is 10.1 Å². The number of rotatable bonds is 6. The average molecular weight is 252 g/mol. The van der Waals surface area contributed by atoms with Gasteiger partial charge in [0.15, 0.2) is 5.75 Å². The molecule has 0 saturated heterocycles. The number of para-hydroxylation sites is 1. The van der Waals surface area contributed by atoms with Gasteiger partial charge in [0.1, 0.15) is 6.61 Å². The monoisotopic (exact) mass is 252 g/mol. The second kappa shape index (κ2) is 5.82. The second-order valence-electron chi connectivity index (χ2n) is 4.54. The minimum Gasteiger partial charge on any atom is -0.485 e. The summed E-state index contributed by atoms with van der Waals surface area (Å²) in [6, 6.07) is 5.05. The van der Waals surface area contributed by atoms with Crippen LogP contribution >= 0.6 is 0 Å². The minimum absolute atomic E-state index is 0.0204. The van der Waals surface area contributed by atoms with E-state index in [4.69, 9.17) is 10.5 Å². The zero-order valence-corrected chi connectivity index (χ0v) is 11.1. The summed E-state index contributed by atoms with van der Waals surface area (Å²) >= 11 is 0. The van der Waals surface area contributed by atoms with Gasteiger partial charge in [-0.1, -0.05) is 26.0 Å². The Balaban J connectivity index is 2.92. The summed E-state index contributed by atoms with van der Waals surface area (Å²) in [4.78, 5) is 10.6. The third-order valence-corrected chi connectivity index (χ3v) is 3.31. The standard InChI is InChI=1S/C13H20N2O3/c1-4-13(14,5-2)9-18-11-8-6-7-10(3)12(11)15(16)17/h6-8H,4-5,9,14H2,1-3H3. The molecule has 0 amide bonds. The molecule has 0 aliphatic carbocycles. The number of nitro groups is 1. The summed E-state index contributed by atoms with van der Waals surface area (Å²) in [5, 5.41) is 11.0. The molecule has 0 heterocycles. The van der Waals surface area contributed by atoms with Crippen LogP contribution in [-0.4, -0.2) is 17.1 Å². The molecule has 1 aromatic rings. The van der Waals surface area contributed by atoms with E-state index in [-0.39, 0.29) is 18.0 Å². The van der Waals surface area contributed by atoms with E-state index in [0.29, 0.717) is 5.56 Å². The van der Waals surface area contributed by atoms with Crippen molar-refractivity contribution in [2.24, 2.45) is 5.73 Å². The Bertz CT molecular complexity index is 428. The third-order valence-electron chi connectivity index (χ3n) is 3.31. The molecule has 0 fully saturated rings. The predicted octanol–water partition coefficient (Wildman–Crippen LogP) is 2.80. The van der Waals surface area contributed by atoms with Crippen LogP contribution in [0.5, 0.6) is 5.75 Å². The van der Waals surface area contributed by atoms with E-state index >= 15 is 0 Å². The molecule has 0 unspecified atom stereocenters. The van der Waals surface area contributed by atoms with Crippen molar-refractivity contribution in [1.29, 1.82) is 0 Å². The van der Waals surface area contributed by atoms with Crippen molar-refractivity contribution in [3.8, 4) is 5.75 Å². The van der Waals surface area contributed by atoms with Crippen molar-refractivity contribution in [2.75, 3.05) is 6.61 Å². The number of aryl methyl sites for hydroxylation is 1. The molecule has 2 N–H and O–H groups in total. The molecule has 0 radical (unpaired) electrons. The molecule has 0 atom stereocenters. The minimum atomic E-state index is -0.433. The Hall–Kier alpha value is -1.62. The van der Waals surface area contributed by atoms with E-state index < -0.39 is 10.5 Å². The summed E-state index contributed by atoms with van der Waals surface area (Å²) in [6.45, 7) is 5.94. The molecule has 100 valence electrons. The largest absolute Gasteiger partial charge is 0.485 e. The Kier molecular flexibility index (Phi) is 4.67. The lowest BCUT2D eigenvalue weighted by molar-refractivity contribution is -0.386. The van der Waals surface area contributed by atoms with Gasteiger partial charge in [0.05, 0.1) is 4.92 Å². The van der Waals surface area contributed by atoms with Crippen molar-refractivity contribution >= 4 is 5.69 Å². The fourth-order valence-corrected chi connectivity index (χ4v) is 1.66. The molecule has 0 aliphatic rings. The fourth-order valence-electron chi connectivity index (χ4n) is 1.66. The van der Waals surface area contributed by atoms with Crippen LogP contribution in [0.3, 0.4) is 0 Å². The van der Waals surface area contributed by atoms with Gasteiger partial charge in [0.2, 0.25) is 0 Å². The molecule has 0 bridgehead atoms. The maximum absolute atomic E-state index is 11.0. The Labute approximate surface area is 107 Å². The summed E-state index contributed by atoms with van der Waals surface area (Å²) in [5.41, 5.74) is 6.29. The lowest BCUT2D eigenvalue weighted by atomic mass is 9.95. The van der Waals surface area contributed by atoms with Crippen LogP contribution < -0.4 is 10.5 Å². The number of hydrogen-bond donors (Lipinski definition) is 1. The number of nitrogens with two attached hydrogens (primary N) is 1. The molecule has 5 heteroatoms. The molecule has 18 heavy (non-hydrogen) atoms. The highest BCUT2D eigenvalue weighted by molar-refractivity contribution is 5.52. The van der Waals surface area contributed by atoms with Gasteiger partial charge in [-0.2, -0.15) is 0 Å². The van der Waals surface area contributed by atoms with Crippen molar-refractivity contribution in [1.82, 2.24) is 0 Å². The normalized spacial score (nSPS) is 11.3. The van der Waals surface area contributed by atoms with Crippen LogP contribution in [0.25, 0.3) is 0 Å². The van der Waals surface area contributed by atoms with Gasteiger partial charge in [0.25, 0.3) is 0 Å². The lowest BCUT2D eigenvalue weighted by Gasteiger charge is -2.26. The SMILES string of the molecule is CCC(N)(CC)COc1cccc(C)c1[N+](=O)[O-]. The maximum Gasteiger partial charge on any atom is 0.313 e. The van der Waals surface area contributed by atoms with Crippen molar-refractivity contribution < 1.29 is 9.66 Å². The molecule has 1 rings (SSSR count). The number of nitrogens with zero attached hydrogens (tertiary/aromatic N) is 1. The van der Waals surface area contributed by atoms with Crippen molar-refractivity contribution in [2.45, 2.75) is 39.2 Å². The summed E-state index contributed by atoms with van der Waals surface area (Å²) in [6.07, 6.45) is 1.53. The van der Waals surface area contributed by atoms with Crippen LogP contribution in [0.2, 0.25) is 0 Å². The first kappa shape index (κ1) is 14.4. The molecular weight excluding hydrogens is 232 g/mol. The van der Waals surface area contributed by atoms with E-state index in [9.17, 15) is 10.1 Å². The van der Waals surface area contributed by atoms with Gasteiger partial charge >= 0.3 is 5.69 Å². The molecule has 1 aromatic carbocycles. The highest BCUT2D eigenvalue weighted by Crippen LogP contribution is 2.30. The Morgan fingerprint density at radius 3 is 2.50 bits per heavy atom. The zero-order chi connectivity index (χ0) is 13.8. The highest BCUT2D eigenvalue weighted by Gasteiger charge is 2.24. The van der Waals surface area contributed by atoms with Gasteiger partial charge in [0, 0.05) is 11.1 Å². The fraction of sp³-hybridized carbons (Fsp3) is 0.538. The second-order valence-corrected chi connectivity index (χ2v) is 4.54. The third kappa shape index (κ3) is 3.20. The first-order valence-corrected chi connectivity index (χ1v) is 6.09. The molecular formula is C13H20N2O3. The van der Waals surface area contributed by atoms with Crippen LogP contribution in [0, 0.1) is 17.0 Å². The zero-order valence-electron chi connectivity index (χ0n) is 11.1. The maximum atomic E-state index is 11.0. The quantitative estimate of drug-likeness (QED) is 0.623. The van der Waals surface area contributed by atoms with Gasteiger partial charge in [-0.05, 0) is 25.8 Å². The van der Waals surface area contributed by atoms with E-state index in [1.54, 1.807) is 25.1 Å². The summed E-state index contributed by atoms with van der Waals surface area (Å²) in [7, 11) is 0. The van der Waals surface area contributed by atoms with Crippen LogP contribution in [0.15, 0.2) is 18.2 Å². The van der Waals surface area contributed by atoms with Gasteiger partial charge < -0.3 is 10.5 Å². The Morgan fingerprint density at radius 1 is 1.39 bits per heavy atom. The topological polar surface area (TPSA) is 78.4 Å². The van der Waals surface area contributed by atoms with Gasteiger partial charge in [-0.25, -0.2) is 0 Å². The first-order chi connectivity index (χ1) is 8.43. The van der Waals surface area contributed by atoms with Crippen LogP contribution in [-0.2, 0) is 0 Å². The van der Waals surface area contributed by atoms with E-state index in [1.165, 1.54) is 0 Å². The first-order valence-electron chi connectivity index (χ1n) is 6.09. The van der Waals surface area contributed by atoms with Crippen molar-refractivity contribution in [3.63, 3.8) is 0 Å². The number of ether oxygens (including phenoxy) is 1. The van der Waals surface area contributed by atoms with Crippen LogP contribution in [0.4, 0.5) is 5.69 Å². The highest BCUT2D eigenvalue weighted by atomic mass is 16.6. The summed E-state index contributed by atoms with van der Waals surface area (Å²) < 4.78 is 5.56. The average Bonchev–Trinajstić information content (AvgIpc) is 2.35. The van der Waals surface area contributed by atoms with Crippen LogP contribution in [0.1, 0.15) is 32.3 Å².